The maximum Gasteiger partial charge on any atom is 0.319 e. The Hall–Kier alpha value is -1.98. The smallest absolute Gasteiger partial charge is 0.319 e. The number of ketones is 1. The number of carbonyl (C=O) groups excluding carboxylic acids is 2. The van der Waals surface area contributed by atoms with Crippen LogP contribution >= 0.6 is 0 Å². The fourth-order valence-corrected chi connectivity index (χ4v) is 0.962. The number of rotatable bonds is 3. The molecule has 0 aliphatic carbocycles. The van der Waals surface area contributed by atoms with Gasteiger partial charge in [-0.3, -0.25) is 4.79 Å². The number of hydrogen-bond donors (Lipinski definition) is 2. The summed E-state index contributed by atoms with van der Waals surface area (Å²) in [5.41, 5.74) is -0.151. The standard InChI is InChI=1S/C10H10F2N2O2/c1-6(15)5-13-10(16)14-9-3-2-7(11)4-8(9)12/h2-4H,5H2,1H3,(H2,13,14,16). The summed E-state index contributed by atoms with van der Waals surface area (Å²) in [6, 6.07) is 2.04. The van der Waals surface area contributed by atoms with Crippen molar-refractivity contribution in [1.82, 2.24) is 5.32 Å². The number of Topliss-reactive ketones (excluding diaryl/α,β-unsaturated/α-hetero) is 1. The van der Waals surface area contributed by atoms with E-state index in [1.165, 1.54) is 6.92 Å². The molecule has 0 saturated heterocycles. The Balaban J connectivity index is 2.59. The van der Waals surface area contributed by atoms with E-state index >= 15 is 0 Å². The maximum absolute atomic E-state index is 13.1. The Kier molecular flexibility index (Phi) is 3.93. The van der Waals surface area contributed by atoms with Crippen molar-refractivity contribution in [2.24, 2.45) is 0 Å². The summed E-state index contributed by atoms with van der Waals surface area (Å²) in [7, 11) is 0. The van der Waals surface area contributed by atoms with Crippen molar-refractivity contribution < 1.29 is 18.4 Å². The molecule has 0 fully saturated rings. The maximum atomic E-state index is 13.1. The Labute approximate surface area is 90.6 Å². The largest absolute Gasteiger partial charge is 0.331 e. The van der Waals surface area contributed by atoms with E-state index in [2.05, 4.69) is 10.6 Å². The highest BCUT2D eigenvalue weighted by Gasteiger charge is 2.07. The van der Waals surface area contributed by atoms with Gasteiger partial charge in [-0.15, -0.1) is 0 Å². The van der Waals surface area contributed by atoms with Crippen molar-refractivity contribution in [3.05, 3.63) is 29.8 Å². The lowest BCUT2D eigenvalue weighted by atomic mass is 10.3. The number of urea groups is 1. The highest BCUT2D eigenvalue weighted by molar-refractivity contribution is 5.92. The highest BCUT2D eigenvalue weighted by Crippen LogP contribution is 2.14. The van der Waals surface area contributed by atoms with E-state index in [0.29, 0.717) is 6.07 Å². The predicted octanol–water partition coefficient (Wildman–Crippen LogP) is 1.68. The van der Waals surface area contributed by atoms with Gasteiger partial charge in [0.25, 0.3) is 0 Å². The normalized spacial score (nSPS) is 9.69. The molecule has 0 aromatic heterocycles. The van der Waals surface area contributed by atoms with Crippen molar-refractivity contribution in [2.45, 2.75) is 6.92 Å². The molecule has 1 aromatic rings. The first kappa shape index (κ1) is 12.1. The van der Waals surface area contributed by atoms with Gasteiger partial charge in [-0.1, -0.05) is 0 Å². The highest BCUT2D eigenvalue weighted by atomic mass is 19.1. The van der Waals surface area contributed by atoms with Crippen molar-refractivity contribution >= 4 is 17.5 Å². The summed E-state index contributed by atoms with van der Waals surface area (Å²) in [5.74, 6) is -1.83. The van der Waals surface area contributed by atoms with Crippen molar-refractivity contribution in [3.63, 3.8) is 0 Å². The van der Waals surface area contributed by atoms with Gasteiger partial charge in [0.1, 0.15) is 17.4 Å². The monoisotopic (exact) mass is 228 g/mol. The first-order valence-electron chi connectivity index (χ1n) is 4.48. The molecule has 1 rings (SSSR count). The van der Waals surface area contributed by atoms with Gasteiger partial charge in [0.2, 0.25) is 0 Å². The molecule has 0 atom stereocenters. The molecule has 4 nitrogen and oxygen atoms in total. The fourth-order valence-electron chi connectivity index (χ4n) is 0.962. The fraction of sp³-hybridized carbons (Fsp3) is 0.200. The molecule has 0 aliphatic heterocycles. The molecular formula is C10H10F2N2O2. The second kappa shape index (κ2) is 5.20. The molecule has 0 saturated carbocycles. The Morgan fingerprint density at radius 1 is 1.31 bits per heavy atom. The van der Waals surface area contributed by atoms with E-state index in [1.807, 2.05) is 0 Å². The lowest BCUT2D eigenvalue weighted by Crippen LogP contribution is -2.32. The third kappa shape index (κ3) is 3.64. The first-order valence-corrected chi connectivity index (χ1v) is 4.48. The zero-order valence-corrected chi connectivity index (χ0v) is 8.51. The van der Waals surface area contributed by atoms with Crippen LogP contribution in [0.15, 0.2) is 18.2 Å². The summed E-state index contributed by atoms with van der Waals surface area (Å²) < 4.78 is 25.6. The minimum Gasteiger partial charge on any atom is -0.331 e. The molecule has 0 aliphatic rings. The average molecular weight is 228 g/mol. The number of amides is 2. The van der Waals surface area contributed by atoms with Crippen LogP contribution in [-0.4, -0.2) is 18.4 Å². The van der Waals surface area contributed by atoms with E-state index in [9.17, 15) is 18.4 Å². The van der Waals surface area contributed by atoms with Gasteiger partial charge in [0.15, 0.2) is 0 Å². The Bertz CT molecular complexity index is 421. The number of anilines is 1. The quantitative estimate of drug-likeness (QED) is 0.826. The number of hydrogen-bond acceptors (Lipinski definition) is 2. The Morgan fingerprint density at radius 3 is 2.56 bits per heavy atom. The van der Waals surface area contributed by atoms with Crippen molar-refractivity contribution in [1.29, 1.82) is 0 Å². The Morgan fingerprint density at radius 2 is 2.00 bits per heavy atom. The van der Waals surface area contributed by atoms with Crippen LogP contribution in [0.2, 0.25) is 0 Å². The molecule has 0 bridgehead atoms. The lowest BCUT2D eigenvalue weighted by molar-refractivity contribution is -0.116. The number of benzene rings is 1. The number of carbonyl (C=O) groups is 2. The second-order valence-corrected chi connectivity index (χ2v) is 3.13. The van der Waals surface area contributed by atoms with Crippen LogP contribution in [0, 0.1) is 11.6 Å². The van der Waals surface area contributed by atoms with E-state index < -0.39 is 17.7 Å². The first-order chi connectivity index (χ1) is 7.49. The van der Waals surface area contributed by atoms with Crippen LogP contribution in [0.4, 0.5) is 19.3 Å². The van der Waals surface area contributed by atoms with E-state index in [4.69, 9.17) is 0 Å². The van der Waals surface area contributed by atoms with Crippen molar-refractivity contribution in [2.75, 3.05) is 11.9 Å². The topological polar surface area (TPSA) is 58.2 Å². The van der Waals surface area contributed by atoms with Crippen LogP contribution in [0.1, 0.15) is 6.92 Å². The van der Waals surface area contributed by atoms with Gasteiger partial charge in [-0.25, -0.2) is 13.6 Å². The van der Waals surface area contributed by atoms with Gasteiger partial charge in [0, 0.05) is 6.07 Å². The van der Waals surface area contributed by atoms with Crippen LogP contribution in [0.5, 0.6) is 0 Å². The second-order valence-electron chi connectivity index (χ2n) is 3.13. The minimum absolute atomic E-state index is 0.144. The predicted molar refractivity (Wildman–Crippen MR) is 54.1 cm³/mol. The summed E-state index contributed by atoms with van der Waals surface area (Å²) in [5, 5.41) is 4.36. The third-order valence-electron chi connectivity index (χ3n) is 1.68. The molecule has 0 heterocycles. The zero-order chi connectivity index (χ0) is 12.1. The van der Waals surface area contributed by atoms with Gasteiger partial charge in [-0.2, -0.15) is 0 Å². The van der Waals surface area contributed by atoms with Gasteiger partial charge < -0.3 is 10.6 Å². The molecule has 6 heteroatoms. The van der Waals surface area contributed by atoms with Crippen LogP contribution < -0.4 is 10.6 Å². The van der Waals surface area contributed by atoms with Crippen molar-refractivity contribution in [3.8, 4) is 0 Å². The third-order valence-corrected chi connectivity index (χ3v) is 1.68. The average Bonchev–Trinajstić information content (AvgIpc) is 2.19. The lowest BCUT2D eigenvalue weighted by Gasteiger charge is -2.06. The van der Waals surface area contributed by atoms with Gasteiger partial charge >= 0.3 is 6.03 Å². The molecule has 0 spiro atoms. The molecular weight excluding hydrogens is 218 g/mol. The molecule has 2 N–H and O–H groups in total. The molecule has 0 radical (unpaired) electrons. The molecule has 86 valence electrons. The van der Waals surface area contributed by atoms with Crippen LogP contribution in [0.3, 0.4) is 0 Å². The zero-order valence-electron chi connectivity index (χ0n) is 8.51. The van der Waals surface area contributed by atoms with E-state index in [0.717, 1.165) is 12.1 Å². The molecule has 2 amide bonds. The van der Waals surface area contributed by atoms with E-state index in [-0.39, 0.29) is 18.0 Å². The number of halogens is 2. The minimum atomic E-state index is -0.877. The summed E-state index contributed by atoms with van der Waals surface area (Å²) in [6.45, 7) is 1.16. The molecule has 1 aromatic carbocycles. The number of nitrogens with one attached hydrogen (secondary N) is 2. The SMILES string of the molecule is CC(=O)CNC(=O)Nc1ccc(F)cc1F. The van der Waals surface area contributed by atoms with Gasteiger partial charge in [0.05, 0.1) is 12.2 Å². The van der Waals surface area contributed by atoms with Gasteiger partial charge in [-0.05, 0) is 19.1 Å². The van der Waals surface area contributed by atoms with Crippen LogP contribution in [-0.2, 0) is 4.79 Å². The van der Waals surface area contributed by atoms with Crippen LogP contribution in [0.25, 0.3) is 0 Å². The molecule has 0 unspecified atom stereocenters. The van der Waals surface area contributed by atoms with E-state index in [1.54, 1.807) is 0 Å². The summed E-state index contributed by atoms with van der Waals surface area (Å²) in [6.07, 6.45) is 0. The summed E-state index contributed by atoms with van der Waals surface area (Å²) in [4.78, 5) is 21.7. The summed E-state index contributed by atoms with van der Waals surface area (Å²) >= 11 is 0. The molecule has 16 heavy (non-hydrogen) atoms.